The topological polar surface area (TPSA) is 90.0 Å². The lowest BCUT2D eigenvalue weighted by Gasteiger charge is -2.14. The largest absolute Gasteiger partial charge is 0.332 e. The molecular weight excluding hydrogens is 392 g/mol. The van der Waals surface area contributed by atoms with E-state index in [0.717, 1.165) is 27.9 Å². The summed E-state index contributed by atoms with van der Waals surface area (Å²) in [5.41, 5.74) is 4.67. The molecule has 7 heteroatoms. The van der Waals surface area contributed by atoms with Crippen molar-refractivity contribution in [1.29, 1.82) is 0 Å². The minimum absolute atomic E-state index is 0.173. The molecule has 0 fully saturated rings. The number of anilines is 1. The molecule has 4 aromatic rings. The number of pyridine rings is 1. The van der Waals surface area contributed by atoms with Crippen LogP contribution in [0, 0.1) is 20.8 Å². The van der Waals surface area contributed by atoms with Gasteiger partial charge < -0.3 is 9.84 Å². The van der Waals surface area contributed by atoms with Crippen LogP contribution in [0.4, 0.5) is 5.69 Å². The van der Waals surface area contributed by atoms with Crippen molar-refractivity contribution in [2.75, 3.05) is 5.32 Å². The second-order valence-corrected chi connectivity index (χ2v) is 7.45. The lowest BCUT2D eigenvalue weighted by Crippen LogP contribution is -2.28. The molecule has 1 N–H and O–H groups in total. The highest BCUT2D eigenvalue weighted by molar-refractivity contribution is 5.92. The Morgan fingerprint density at radius 3 is 2.42 bits per heavy atom. The van der Waals surface area contributed by atoms with Crippen LogP contribution in [-0.4, -0.2) is 20.6 Å². The van der Waals surface area contributed by atoms with Crippen LogP contribution in [0.1, 0.15) is 16.7 Å². The van der Waals surface area contributed by atoms with Crippen LogP contribution in [0.5, 0.6) is 0 Å². The molecule has 4 rings (SSSR count). The number of aromatic nitrogens is 3. The number of nitrogens with zero attached hydrogens (tertiary/aromatic N) is 3. The molecule has 0 aliphatic heterocycles. The van der Waals surface area contributed by atoms with Gasteiger partial charge in [0.25, 0.3) is 11.4 Å². The molecule has 2 aromatic heterocycles. The summed E-state index contributed by atoms with van der Waals surface area (Å²) in [6, 6.07) is 18.1. The predicted octanol–water partition coefficient (Wildman–Crippen LogP) is 4.13. The van der Waals surface area contributed by atoms with E-state index in [1.54, 1.807) is 12.1 Å². The Morgan fingerprint density at radius 1 is 1.00 bits per heavy atom. The van der Waals surface area contributed by atoms with Crippen LogP contribution in [0.25, 0.3) is 23.0 Å². The summed E-state index contributed by atoms with van der Waals surface area (Å²) in [4.78, 5) is 29.8. The van der Waals surface area contributed by atoms with Crippen LogP contribution >= 0.6 is 0 Å². The average molecular weight is 414 g/mol. The monoisotopic (exact) mass is 414 g/mol. The van der Waals surface area contributed by atoms with Crippen molar-refractivity contribution in [2.24, 2.45) is 0 Å². The fourth-order valence-corrected chi connectivity index (χ4v) is 3.60. The first-order valence-corrected chi connectivity index (χ1v) is 9.89. The molecular formula is C24H22N4O3. The highest BCUT2D eigenvalue weighted by Gasteiger charge is 2.17. The Morgan fingerprint density at radius 2 is 1.71 bits per heavy atom. The van der Waals surface area contributed by atoms with Gasteiger partial charge in [-0.05, 0) is 38.0 Å². The normalized spacial score (nSPS) is 10.8. The Kier molecular flexibility index (Phi) is 5.49. The minimum Gasteiger partial charge on any atom is -0.332 e. The summed E-state index contributed by atoms with van der Waals surface area (Å²) in [5, 5.41) is 6.94. The molecule has 0 aliphatic carbocycles. The van der Waals surface area contributed by atoms with Crippen molar-refractivity contribution in [3.05, 3.63) is 87.7 Å². The van der Waals surface area contributed by atoms with Gasteiger partial charge in [-0.3, -0.25) is 14.2 Å². The van der Waals surface area contributed by atoms with Gasteiger partial charge in [-0.25, -0.2) is 0 Å². The quantitative estimate of drug-likeness (QED) is 0.530. The summed E-state index contributed by atoms with van der Waals surface area (Å²) in [6.45, 7) is 5.72. The fourth-order valence-electron chi connectivity index (χ4n) is 3.60. The van der Waals surface area contributed by atoms with E-state index in [1.165, 1.54) is 10.6 Å². The minimum atomic E-state index is -0.329. The Labute approximate surface area is 179 Å². The third kappa shape index (κ3) is 4.30. The van der Waals surface area contributed by atoms with Gasteiger partial charge in [0.05, 0.1) is 0 Å². The molecule has 0 atom stereocenters. The van der Waals surface area contributed by atoms with Crippen LogP contribution < -0.4 is 10.9 Å². The summed E-state index contributed by atoms with van der Waals surface area (Å²) in [6.07, 6.45) is 0. The third-order valence-corrected chi connectivity index (χ3v) is 4.97. The zero-order valence-corrected chi connectivity index (χ0v) is 17.5. The second kappa shape index (κ2) is 8.39. The van der Waals surface area contributed by atoms with E-state index < -0.39 is 0 Å². The Balaban J connectivity index is 1.63. The smallest absolute Gasteiger partial charge is 0.274 e. The number of carbonyl (C=O) groups is 1. The van der Waals surface area contributed by atoms with Crippen molar-refractivity contribution in [3.63, 3.8) is 0 Å². The maximum atomic E-state index is 12.8. The number of aryl methyl sites for hydroxylation is 3. The van der Waals surface area contributed by atoms with Crippen molar-refractivity contribution < 1.29 is 9.32 Å². The van der Waals surface area contributed by atoms with E-state index in [9.17, 15) is 9.59 Å². The second-order valence-electron chi connectivity index (χ2n) is 7.45. The van der Waals surface area contributed by atoms with Gasteiger partial charge in [-0.15, -0.1) is 0 Å². The Bertz CT molecular complexity index is 1280. The SMILES string of the molecule is Cc1cc(C)c(NC(=O)Cn2c(-c3nc(-c4ccccc4)no3)cccc2=O)c(C)c1. The van der Waals surface area contributed by atoms with Crippen molar-refractivity contribution in [2.45, 2.75) is 27.3 Å². The fraction of sp³-hybridized carbons (Fsp3) is 0.167. The van der Waals surface area contributed by atoms with Crippen LogP contribution in [0.15, 0.2) is 70.0 Å². The van der Waals surface area contributed by atoms with Gasteiger partial charge in [0.2, 0.25) is 11.7 Å². The zero-order valence-electron chi connectivity index (χ0n) is 17.5. The molecule has 0 spiro atoms. The highest BCUT2D eigenvalue weighted by atomic mass is 16.5. The predicted molar refractivity (Wildman–Crippen MR) is 119 cm³/mol. The molecule has 7 nitrogen and oxygen atoms in total. The van der Waals surface area contributed by atoms with Gasteiger partial charge in [-0.2, -0.15) is 4.98 Å². The number of amides is 1. The molecule has 156 valence electrons. The number of carbonyl (C=O) groups excluding carboxylic acids is 1. The van der Waals surface area contributed by atoms with Gasteiger partial charge in [0.1, 0.15) is 12.2 Å². The molecule has 31 heavy (non-hydrogen) atoms. The third-order valence-electron chi connectivity index (χ3n) is 4.97. The summed E-state index contributed by atoms with van der Waals surface area (Å²) in [7, 11) is 0. The molecule has 0 saturated carbocycles. The van der Waals surface area contributed by atoms with Crippen LogP contribution in [-0.2, 0) is 11.3 Å². The molecule has 0 bridgehead atoms. The molecule has 0 unspecified atom stereocenters. The van der Waals surface area contributed by atoms with Gasteiger partial charge in [0.15, 0.2) is 0 Å². The van der Waals surface area contributed by atoms with Gasteiger partial charge in [0, 0.05) is 17.3 Å². The average Bonchev–Trinajstić information content (AvgIpc) is 3.23. The van der Waals surface area contributed by atoms with Crippen molar-refractivity contribution in [3.8, 4) is 23.0 Å². The number of rotatable bonds is 5. The van der Waals surface area contributed by atoms with Crippen LogP contribution in [0.3, 0.4) is 0 Å². The summed E-state index contributed by atoms with van der Waals surface area (Å²) in [5.74, 6) is 0.272. The lowest BCUT2D eigenvalue weighted by atomic mass is 10.1. The van der Waals surface area contributed by atoms with Crippen molar-refractivity contribution in [1.82, 2.24) is 14.7 Å². The molecule has 0 saturated heterocycles. The molecule has 0 radical (unpaired) electrons. The summed E-state index contributed by atoms with van der Waals surface area (Å²) >= 11 is 0. The van der Waals surface area contributed by atoms with E-state index >= 15 is 0 Å². The standard InChI is InChI=1S/C24H22N4O3/c1-15-12-16(2)22(17(3)13-15)25-20(29)14-28-19(10-7-11-21(28)30)24-26-23(27-31-24)18-8-5-4-6-9-18/h4-13H,14H2,1-3H3,(H,25,29). The van der Waals surface area contributed by atoms with E-state index in [4.69, 9.17) is 4.52 Å². The number of benzene rings is 2. The lowest BCUT2D eigenvalue weighted by molar-refractivity contribution is -0.116. The molecule has 1 amide bonds. The van der Waals surface area contributed by atoms with Gasteiger partial charge in [-0.1, -0.05) is 59.3 Å². The van der Waals surface area contributed by atoms with Crippen LogP contribution in [0.2, 0.25) is 0 Å². The molecule has 2 aromatic carbocycles. The number of hydrogen-bond donors (Lipinski definition) is 1. The zero-order chi connectivity index (χ0) is 22.0. The number of hydrogen-bond acceptors (Lipinski definition) is 5. The maximum Gasteiger partial charge on any atom is 0.274 e. The first kappa shape index (κ1) is 20.3. The van der Waals surface area contributed by atoms with Crippen molar-refractivity contribution >= 4 is 11.6 Å². The van der Waals surface area contributed by atoms with E-state index in [2.05, 4.69) is 15.5 Å². The first-order chi connectivity index (χ1) is 14.9. The van der Waals surface area contributed by atoms with Gasteiger partial charge >= 0.3 is 0 Å². The maximum absolute atomic E-state index is 12.8. The van der Waals surface area contributed by atoms with E-state index in [0.29, 0.717) is 11.5 Å². The first-order valence-electron chi connectivity index (χ1n) is 9.89. The molecule has 0 aliphatic rings. The Hall–Kier alpha value is -4.00. The number of nitrogens with one attached hydrogen (secondary N) is 1. The van der Waals surface area contributed by atoms with E-state index in [1.807, 2.05) is 63.2 Å². The molecule has 2 heterocycles. The van der Waals surface area contributed by atoms with E-state index in [-0.39, 0.29) is 23.9 Å². The summed E-state index contributed by atoms with van der Waals surface area (Å²) < 4.78 is 6.73. The highest BCUT2D eigenvalue weighted by Crippen LogP contribution is 2.23.